The largest absolute Gasteiger partial charge is 0.432 e. The van der Waals surface area contributed by atoms with E-state index in [1.165, 1.54) is 12.8 Å². The summed E-state index contributed by atoms with van der Waals surface area (Å²) in [5.74, 6) is 0. The molecule has 19 heavy (non-hydrogen) atoms. The number of hydrogen-bond donors (Lipinski definition) is 1. The molecule has 0 saturated carbocycles. The number of aromatic nitrogens is 1. The smallest absolute Gasteiger partial charge is 0.297 e. The molecule has 0 amide bonds. The van der Waals surface area contributed by atoms with Crippen molar-refractivity contribution in [3.8, 4) is 0 Å². The van der Waals surface area contributed by atoms with E-state index in [4.69, 9.17) is 4.42 Å². The van der Waals surface area contributed by atoms with Crippen LogP contribution in [0.5, 0.6) is 0 Å². The molecule has 5 heteroatoms. The van der Waals surface area contributed by atoms with Crippen molar-refractivity contribution in [1.82, 2.24) is 15.2 Å². The molecule has 0 unspecified atom stereocenters. The lowest BCUT2D eigenvalue weighted by molar-refractivity contribution is 0.246. The molecule has 1 aromatic heterocycles. The summed E-state index contributed by atoms with van der Waals surface area (Å²) < 4.78 is 5.59. The lowest BCUT2D eigenvalue weighted by Gasteiger charge is -2.34. The van der Waals surface area contributed by atoms with Crippen molar-refractivity contribution in [1.29, 1.82) is 0 Å². The van der Waals surface area contributed by atoms with E-state index in [9.17, 15) is 0 Å². The zero-order chi connectivity index (χ0) is 13.7. The van der Waals surface area contributed by atoms with Crippen molar-refractivity contribution in [3.63, 3.8) is 0 Å². The number of hydrogen-bond acceptors (Lipinski definition) is 5. The van der Waals surface area contributed by atoms with Crippen LogP contribution in [0.1, 0.15) is 31.9 Å². The van der Waals surface area contributed by atoms with Crippen molar-refractivity contribution >= 4 is 6.01 Å². The average molecular weight is 266 g/mol. The number of oxazole rings is 1. The minimum atomic E-state index is 0.692. The molecule has 1 N–H and O–H groups in total. The van der Waals surface area contributed by atoms with E-state index in [1.807, 2.05) is 0 Å². The third kappa shape index (κ3) is 3.94. The fourth-order valence-electron chi connectivity index (χ4n) is 2.49. The van der Waals surface area contributed by atoms with E-state index in [0.29, 0.717) is 6.04 Å². The highest BCUT2D eigenvalue weighted by molar-refractivity contribution is 5.27. The number of rotatable bonds is 6. The molecule has 0 aromatic carbocycles. The first-order valence-corrected chi connectivity index (χ1v) is 7.27. The average Bonchev–Trinajstić information content (AvgIpc) is 2.88. The molecule has 1 fully saturated rings. The molecule has 5 nitrogen and oxygen atoms in total. The fourth-order valence-corrected chi connectivity index (χ4v) is 2.49. The van der Waals surface area contributed by atoms with Crippen LogP contribution in [0.4, 0.5) is 6.01 Å². The minimum absolute atomic E-state index is 0.692. The van der Waals surface area contributed by atoms with Gasteiger partial charge in [0.15, 0.2) is 0 Å². The predicted molar refractivity (Wildman–Crippen MR) is 77.4 cm³/mol. The minimum Gasteiger partial charge on any atom is -0.432 e. The highest BCUT2D eigenvalue weighted by atomic mass is 16.4. The molecule has 0 atom stereocenters. The summed E-state index contributed by atoms with van der Waals surface area (Å²) in [6.45, 7) is 6.05. The van der Waals surface area contributed by atoms with Gasteiger partial charge in [-0.15, -0.1) is 0 Å². The Morgan fingerprint density at radius 2 is 2.16 bits per heavy atom. The molecule has 0 spiro atoms. The normalized spacial score (nSPS) is 17.4. The Labute approximate surface area is 116 Å². The molecule has 0 aliphatic carbocycles. The highest BCUT2D eigenvalue weighted by Crippen LogP contribution is 2.21. The summed E-state index contributed by atoms with van der Waals surface area (Å²) in [4.78, 5) is 9.12. The zero-order valence-electron chi connectivity index (χ0n) is 12.4. The molecule has 0 radical (unpaired) electrons. The summed E-state index contributed by atoms with van der Waals surface area (Å²) in [6.07, 6.45) is 5.27. The number of piperidine rings is 1. The van der Waals surface area contributed by atoms with Gasteiger partial charge in [0.25, 0.3) is 6.01 Å². The maximum Gasteiger partial charge on any atom is 0.297 e. The van der Waals surface area contributed by atoms with E-state index in [-0.39, 0.29) is 0 Å². The molecule has 2 rings (SSSR count). The summed E-state index contributed by atoms with van der Waals surface area (Å²) in [5, 5.41) is 3.34. The van der Waals surface area contributed by atoms with Crippen LogP contribution in [0, 0.1) is 0 Å². The SMILES string of the molecule is CCCNCc1coc(N2CCC(N(C)C)CC2)n1. The Morgan fingerprint density at radius 3 is 2.79 bits per heavy atom. The van der Waals surface area contributed by atoms with E-state index in [1.54, 1.807) is 6.26 Å². The van der Waals surface area contributed by atoms with Crippen molar-refractivity contribution in [2.75, 3.05) is 38.6 Å². The van der Waals surface area contributed by atoms with Gasteiger partial charge in [0.05, 0.1) is 5.69 Å². The number of nitrogens with zero attached hydrogens (tertiary/aromatic N) is 3. The maximum atomic E-state index is 5.59. The van der Waals surface area contributed by atoms with Crippen LogP contribution in [0.3, 0.4) is 0 Å². The summed E-state index contributed by atoms with van der Waals surface area (Å²) in [5.41, 5.74) is 0.998. The topological polar surface area (TPSA) is 44.5 Å². The highest BCUT2D eigenvalue weighted by Gasteiger charge is 2.23. The van der Waals surface area contributed by atoms with Crippen LogP contribution in [0.25, 0.3) is 0 Å². The first-order chi connectivity index (χ1) is 9.20. The van der Waals surface area contributed by atoms with Gasteiger partial charge in [0, 0.05) is 25.7 Å². The van der Waals surface area contributed by atoms with Crippen LogP contribution < -0.4 is 10.2 Å². The Kier molecular flexibility index (Phi) is 5.22. The summed E-state index contributed by atoms with van der Waals surface area (Å²) in [6, 6.07) is 1.47. The molecule has 108 valence electrons. The second kappa shape index (κ2) is 6.91. The van der Waals surface area contributed by atoms with E-state index in [2.05, 4.69) is 41.1 Å². The number of anilines is 1. The molecule has 0 bridgehead atoms. The third-order valence-electron chi connectivity index (χ3n) is 3.74. The van der Waals surface area contributed by atoms with Crippen molar-refractivity contribution < 1.29 is 4.42 Å². The van der Waals surface area contributed by atoms with Crippen LogP contribution in [0.2, 0.25) is 0 Å². The molecule has 1 saturated heterocycles. The van der Waals surface area contributed by atoms with Gasteiger partial charge in [-0.2, -0.15) is 4.98 Å². The first-order valence-electron chi connectivity index (χ1n) is 7.27. The van der Waals surface area contributed by atoms with Gasteiger partial charge in [-0.3, -0.25) is 0 Å². The van der Waals surface area contributed by atoms with Crippen LogP contribution >= 0.6 is 0 Å². The monoisotopic (exact) mass is 266 g/mol. The molecule has 1 aliphatic rings. The van der Waals surface area contributed by atoms with Gasteiger partial charge in [-0.25, -0.2) is 0 Å². The fraction of sp³-hybridized carbons (Fsp3) is 0.786. The lowest BCUT2D eigenvalue weighted by Crippen LogP contribution is -2.42. The quantitative estimate of drug-likeness (QED) is 0.794. The van der Waals surface area contributed by atoms with E-state index in [0.717, 1.165) is 44.3 Å². The van der Waals surface area contributed by atoms with Gasteiger partial charge < -0.3 is 19.5 Å². The first kappa shape index (κ1) is 14.3. The van der Waals surface area contributed by atoms with Crippen LogP contribution in [0.15, 0.2) is 10.7 Å². The lowest BCUT2D eigenvalue weighted by atomic mass is 10.0. The Hall–Kier alpha value is -1.07. The second-order valence-corrected chi connectivity index (χ2v) is 5.48. The molecular weight excluding hydrogens is 240 g/mol. The second-order valence-electron chi connectivity index (χ2n) is 5.48. The van der Waals surface area contributed by atoms with E-state index >= 15 is 0 Å². The Bertz CT molecular complexity index is 369. The zero-order valence-corrected chi connectivity index (χ0v) is 12.4. The standard InChI is InChI=1S/C14H26N4O/c1-4-7-15-10-12-11-19-14(16-12)18-8-5-13(6-9-18)17(2)3/h11,13,15H,4-10H2,1-3H3. The van der Waals surface area contributed by atoms with Gasteiger partial charge in [-0.1, -0.05) is 6.92 Å². The van der Waals surface area contributed by atoms with Crippen molar-refractivity contribution in [3.05, 3.63) is 12.0 Å². The van der Waals surface area contributed by atoms with Crippen LogP contribution in [-0.4, -0.2) is 49.7 Å². The van der Waals surface area contributed by atoms with E-state index < -0.39 is 0 Å². The van der Waals surface area contributed by atoms with Gasteiger partial charge in [0.1, 0.15) is 6.26 Å². The summed E-state index contributed by atoms with van der Waals surface area (Å²) in [7, 11) is 4.31. The Morgan fingerprint density at radius 1 is 1.42 bits per heavy atom. The van der Waals surface area contributed by atoms with Crippen molar-refractivity contribution in [2.45, 2.75) is 38.8 Å². The van der Waals surface area contributed by atoms with Crippen LogP contribution in [-0.2, 0) is 6.54 Å². The Balaban J connectivity index is 1.82. The molecule has 1 aliphatic heterocycles. The third-order valence-corrected chi connectivity index (χ3v) is 3.74. The molecule has 1 aromatic rings. The maximum absolute atomic E-state index is 5.59. The van der Waals surface area contributed by atoms with Gasteiger partial charge in [-0.05, 0) is 39.9 Å². The van der Waals surface area contributed by atoms with Gasteiger partial charge >= 0.3 is 0 Å². The predicted octanol–water partition coefficient (Wildman–Crippen LogP) is 1.70. The van der Waals surface area contributed by atoms with Gasteiger partial charge in [0.2, 0.25) is 0 Å². The molecular formula is C14H26N4O. The number of nitrogens with one attached hydrogen (secondary N) is 1. The molecule has 2 heterocycles. The van der Waals surface area contributed by atoms with Crippen molar-refractivity contribution in [2.24, 2.45) is 0 Å². The summed E-state index contributed by atoms with van der Waals surface area (Å²) >= 11 is 0.